The SMILES string of the molecule is Cc1ccccc1[C@@H]1C(/C=N\Nc2ccc([N+](=O)[O-])cc2[N+](=O)[O-])=C(c2ccccc2)Oc2ccccc21. The van der Waals surface area contributed by atoms with Crippen LogP contribution in [0.25, 0.3) is 5.76 Å². The van der Waals surface area contributed by atoms with Gasteiger partial charge in [-0.25, -0.2) is 0 Å². The van der Waals surface area contributed by atoms with Crippen molar-refractivity contribution in [3.05, 3.63) is 145 Å². The third kappa shape index (κ3) is 4.72. The van der Waals surface area contributed by atoms with Gasteiger partial charge in [0.25, 0.3) is 5.69 Å². The number of benzene rings is 4. The Morgan fingerprint density at radius 3 is 2.24 bits per heavy atom. The van der Waals surface area contributed by atoms with Gasteiger partial charge in [-0.3, -0.25) is 25.7 Å². The zero-order valence-electron chi connectivity index (χ0n) is 20.3. The highest BCUT2D eigenvalue weighted by Gasteiger charge is 2.31. The fourth-order valence-electron chi connectivity index (χ4n) is 4.52. The van der Waals surface area contributed by atoms with Gasteiger partial charge in [0.05, 0.1) is 22.1 Å². The molecule has 0 spiro atoms. The fraction of sp³-hybridized carbons (Fsp3) is 0.0690. The van der Waals surface area contributed by atoms with E-state index in [-0.39, 0.29) is 17.3 Å². The van der Waals surface area contributed by atoms with Crippen molar-refractivity contribution in [3.8, 4) is 5.75 Å². The Balaban J connectivity index is 1.64. The highest BCUT2D eigenvalue weighted by atomic mass is 16.6. The van der Waals surface area contributed by atoms with Crippen molar-refractivity contribution in [1.82, 2.24) is 0 Å². The van der Waals surface area contributed by atoms with Crippen molar-refractivity contribution in [1.29, 1.82) is 0 Å². The lowest BCUT2D eigenvalue weighted by Crippen LogP contribution is -2.18. The number of nitrogens with one attached hydrogen (secondary N) is 1. The largest absolute Gasteiger partial charge is 0.456 e. The molecule has 4 aromatic carbocycles. The quantitative estimate of drug-likeness (QED) is 0.166. The van der Waals surface area contributed by atoms with Crippen LogP contribution in [0.2, 0.25) is 0 Å². The van der Waals surface area contributed by atoms with Crippen molar-refractivity contribution in [2.45, 2.75) is 12.8 Å². The number of non-ortho nitro benzene ring substituents is 1. The molecule has 1 aliphatic rings. The van der Waals surface area contributed by atoms with E-state index >= 15 is 0 Å². The number of ether oxygens (including phenoxy) is 1. The lowest BCUT2D eigenvalue weighted by Gasteiger charge is -2.30. The summed E-state index contributed by atoms with van der Waals surface area (Å²) in [4.78, 5) is 21.3. The first-order valence-electron chi connectivity index (χ1n) is 11.8. The molecule has 5 rings (SSSR count). The van der Waals surface area contributed by atoms with Crippen molar-refractivity contribution in [2.75, 3.05) is 5.43 Å². The standard InChI is InChI=1S/C29H22N4O5/c1-19-9-5-6-12-22(19)28-23-13-7-8-14-27(23)38-29(20-10-3-2-4-11-20)24(28)18-30-31-25-16-15-21(32(34)35)17-26(25)33(36)37/h2-18,28,31H,1H3/b30-18-/t28-/m0/s1. The Labute approximate surface area is 218 Å². The molecule has 1 N–H and O–H groups in total. The maximum Gasteiger partial charge on any atom is 0.301 e. The molecular weight excluding hydrogens is 484 g/mol. The Kier molecular flexibility index (Phi) is 6.65. The molecule has 0 bridgehead atoms. The van der Waals surface area contributed by atoms with Crippen LogP contribution in [0.1, 0.15) is 28.2 Å². The van der Waals surface area contributed by atoms with Crippen LogP contribution in [-0.4, -0.2) is 16.1 Å². The summed E-state index contributed by atoms with van der Waals surface area (Å²) < 4.78 is 6.41. The predicted molar refractivity (Wildman–Crippen MR) is 145 cm³/mol. The van der Waals surface area contributed by atoms with E-state index in [0.717, 1.165) is 39.6 Å². The second-order valence-corrected chi connectivity index (χ2v) is 8.67. The molecule has 9 nitrogen and oxygen atoms in total. The van der Waals surface area contributed by atoms with E-state index < -0.39 is 15.5 Å². The lowest BCUT2D eigenvalue weighted by atomic mass is 9.80. The number of hydrogen-bond acceptors (Lipinski definition) is 7. The van der Waals surface area contributed by atoms with E-state index in [0.29, 0.717) is 5.76 Å². The van der Waals surface area contributed by atoms with Gasteiger partial charge in [0.2, 0.25) is 0 Å². The number of anilines is 1. The summed E-state index contributed by atoms with van der Waals surface area (Å²) >= 11 is 0. The van der Waals surface area contributed by atoms with Crippen molar-refractivity contribution < 1.29 is 14.6 Å². The zero-order valence-corrected chi connectivity index (χ0v) is 20.3. The van der Waals surface area contributed by atoms with Crippen LogP contribution in [0.15, 0.2) is 108 Å². The number of rotatable bonds is 7. The summed E-state index contributed by atoms with van der Waals surface area (Å²) in [5, 5.41) is 27.0. The molecule has 0 saturated carbocycles. The van der Waals surface area contributed by atoms with Crippen LogP contribution < -0.4 is 10.2 Å². The number of allylic oxidation sites excluding steroid dienone is 1. The number of aryl methyl sites for hydroxylation is 1. The van der Waals surface area contributed by atoms with Crippen LogP contribution in [-0.2, 0) is 0 Å². The van der Waals surface area contributed by atoms with Crippen LogP contribution in [0, 0.1) is 27.2 Å². The molecule has 188 valence electrons. The molecule has 0 fully saturated rings. The Morgan fingerprint density at radius 2 is 1.53 bits per heavy atom. The second-order valence-electron chi connectivity index (χ2n) is 8.67. The molecule has 1 aliphatic heterocycles. The molecule has 0 aromatic heterocycles. The van der Waals surface area contributed by atoms with E-state index in [1.807, 2.05) is 79.7 Å². The first kappa shape index (κ1) is 24.4. The van der Waals surface area contributed by atoms with Gasteiger partial charge in [0, 0.05) is 28.7 Å². The molecule has 0 unspecified atom stereocenters. The average molecular weight is 507 g/mol. The summed E-state index contributed by atoms with van der Waals surface area (Å²) in [5.74, 6) is 1.12. The average Bonchev–Trinajstić information content (AvgIpc) is 2.93. The normalized spacial score (nSPS) is 14.6. The number of hydrazone groups is 1. The summed E-state index contributed by atoms with van der Waals surface area (Å²) in [6.07, 6.45) is 1.60. The molecule has 0 aliphatic carbocycles. The Hall–Kier alpha value is -5.31. The Morgan fingerprint density at radius 1 is 0.842 bits per heavy atom. The summed E-state index contributed by atoms with van der Waals surface area (Å²) in [6.45, 7) is 2.04. The van der Waals surface area contributed by atoms with Gasteiger partial charge in [-0.1, -0.05) is 72.8 Å². The van der Waals surface area contributed by atoms with Crippen molar-refractivity contribution in [3.63, 3.8) is 0 Å². The smallest absolute Gasteiger partial charge is 0.301 e. The second kappa shape index (κ2) is 10.4. The third-order valence-corrected chi connectivity index (χ3v) is 6.33. The molecule has 0 radical (unpaired) electrons. The maximum absolute atomic E-state index is 11.6. The molecule has 0 amide bonds. The van der Waals surface area contributed by atoms with Gasteiger partial charge in [-0.05, 0) is 30.2 Å². The van der Waals surface area contributed by atoms with E-state index in [2.05, 4.69) is 16.6 Å². The first-order chi connectivity index (χ1) is 18.4. The minimum Gasteiger partial charge on any atom is -0.456 e. The highest BCUT2D eigenvalue weighted by molar-refractivity contribution is 5.94. The van der Waals surface area contributed by atoms with E-state index in [1.54, 1.807) is 6.21 Å². The molecule has 0 saturated heterocycles. The number of nitro groups is 2. The highest BCUT2D eigenvalue weighted by Crippen LogP contribution is 2.45. The van der Waals surface area contributed by atoms with Crippen molar-refractivity contribution >= 4 is 29.0 Å². The van der Waals surface area contributed by atoms with Crippen LogP contribution in [0.5, 0.6) is 5.75 Å². The number of nitro benzene ring substituents is 2. The lowest BCUT2D eigenvalue weighted by molar-refractivity contribution is -0.393. The molecule has 1 atom stereocenters. The number of para-hydroxylation sites is 1. The monoisotopic (exact) mass is 506 g/mol. The summed E-state index contributed by atoms with van der Waals surface area (Å²) in [5.41, 5.74) is 6.63. The van der Waals surface area contributed by atoms with Gasteiger partial charge >= 0.3 is 5.69 Å². The van der Waals surface area contributed by atoms with Crippen LogP contribution in [0.3, 0.4) is 0 Å². The molecule has 4 aromatic rings. The number of hydrogen-bond donors (Lipinski definition) is 1. The minimum absolute atomic E-state index is 0.0308. The molecular formula is C29H22N4O5. The Bertz CT molecular complexity index is 1600. The molecule has 9 heteroatoms. The third-order valence-electron chi connectivity index (χ3n) is 6.33. The van der Waals surface area contributed by atoms with Gasteiger partial charge < -0.3 is 4.74 Å². The van der Waals surface area contributed by atoms with Gasteiger partial charge in [0.15, 0.2) is 0 Å². The van der Waals surface area contributed by atoms with Crippen molar-refractivity contribution in [2.24, 2.45) is 5.10 Å². The minimum atomic E-state index is -0.685. The molecule has 1 heterocycles. The topological polar surface area (TPSA) is 120 Å². The molecule has 38 heavy (non-hydrogen) atoms. The summed E-state index contributed by atoms with van der Waals surface area (Å²) in [7, 11) is 0. The van der Waals surface area contributed by atoms with Crippen LogP contribution in [0.4, 0.5) is 17.1 Å². The zero-order chi connectivity index (χ0) is 26.6. The fourth-order valence-corrected chi connectivity index (χ4v) is 4.52. The maximum atomic E-state index is 11.6. The van der Waals surface area contributed by atoms with E-state index in [4.69, 9.17) is 4.74 Å². The van der Waals surface area contributed by atoms with Gasteiger partial charge in [-0.15, -0.1) is 0 Å². The summed E-state index contributed by atoms with van der Waals surface area (Å²) in [6, 6.07) is 28.9. The van der Waals surface area contributed by atoms with E-state index in [1.165, 1.54) is 12.1 Å². The van der Waals surface area contributed by atoms with Crippen LogP contribution >= 0.6 is 0 Å². The first-order valence-corrected chi connectivity index (χ1v) is 11.8. The van der Waals surface area contributed by atoms with Gasteiger partial charge in [0.1, 0.15) is 17.2 Å². The number of nitrogens with zero attached hydrogens (tertiary/aromatic N) is 3. The van der Waals surface area contributed by atoms with Gasteiger partial charge in [-0.2, -0.15) is 5.10 Å². The predicted octanol–water partition coefficient (Wildman–Crippen LogP) is 6.84. The number of fused-ring (bicyclic) bond motifs is 1. The van der Waals surface area contributed by atoms with E-state index in [9.17, 15) is 20.2 Å².